The van der Waals surface area contributed by atoms with Crippen LogP contribution in [0.1, 0.15) is 43.7 Å². The third-order valence-corrected chi connectivity index (χ3v) is 7.84. The Balaban J connectivity index is 1.75. The van der Waals surface area contributed by atoms with Crippen molar-refractivity contribution in [3.63, 3.8) is 0 Å². The van der Waals surface area contributed by atoms with E-state index in [-0.39, 0.29) is 36.5 Å². The maximum absolute atomic E-state index is 15.0. The fourth-order valence-electron chi connectivity index (χ4n) is 5.79. The minimum Gasteiger partial charge on any atom is -0.356 e. The zero-order valence-electron chi connectivity index (χ0n) is 22.8. The minimum absolute atomic E-state index is 0.0598. The third-order valence-electron chi connectivity index (χ3n) is 7.84. The van der Waals surface area contributed by atoms with Crippen molar-refractivity contribution in [3.8, 4) is 0 Å². The van der Waals surface area contributed by atoms with Gasteiger partial charge in [0.1, 0.15) is 17.8 Å². The maximum Gasteiger partial charge on any atom is 0.321 e. The molecule has 6 nitrogen and oxygen atoms in total. The van der Waals surface area contributed by atoms with E-state index in [2.05, 4.69) is 5.32 Å². The molecule has 2 unspecified atom stereocenters. The first-order chi connectivity index (χ1) is 18.6. The number of urea groups is 1. The van der Waals surface area contributed by atoms with Gasteiger partial charge in [-0.25, -0.2) is 18.0 Å². The number of halogens is 3. The number of rotatable bonds is 7. The van der Waals surface area contributed by atoms with Gasteiger partial charge >= 0.3 is 6.03 Å². The molecule has 2 heterocycles. The predicted molar refractivity (Wildman–Crippen MR) is 146 cm³/mol. The number of carbonyl (C=O) groups excluding carboxylic acids is 2. The number of likely N-dealkylation sites (tertiary alicyclic amines) is 1. The number of alkyl halides is 1. The van der Waals surface area contributed by atoms with Crippen LogP contribution in [-0.2, 0) is 10.3 Å². The second-order valence-corrected chi connectivity index (χ2v) is 10.7. The molecule has 0 aliphatic carbocycles. The fraction of sp³-hybridized carbons (Fsp3) is 0.467. The summed E-state index contributed by atoms with van der Waals surface area (Å²) in [7, 11) is 3.56. The van der Waals surface area contributed by atoms with Gasteiger partial charge in [-0.1, -0.05) is 30.3 Å². The highest BCUT2D eigenvalue weighted by atomic mass is 19.1. The molecule has 4 rings (SSSR count). The van der Waals surface area contributed by atoms with Crippen LogP contribution in [0.4, 0.5) is 18.0 Å². The van der Waals surface area contributed by atoms with E-state index in [9.17, 15) is 22.8 Å². The first kappa shape index (κ1) is 28.7. The summed E-state index contributed by atoms with van der Waals surface area (Å²) in [6.45, 7) is 2.90. The van der Waals surface area contributed by atoms with Gasteiger partial charge in [-0.2, -0.15) is 0 Å². The standard InChI is InChI=1S/C30H37F3N4O2/c1-21(38)34-14-7-13-30(23-8-5-4-6-9-23)18-22(27-17-24(31)10-11-28(27)33)19-37(30)29(39)36(3)26-12-15-35(2)20-25(32)16-26/h4-6,8-11,17-18,25-26H,7,12-16,19-20H2,1-3H3,(H,34,38)/t25?,26?,30-/m0/s1. The molecule has 39 heavy (non-hydrogen) atoms. The van der Waals surface area contributed by atoms with Gasteiger partial charge in [0.05, 0.1) is 5.54 Å². The second-order valence-electron chi connectivity index (χ2n) is 10.7. The van der Waals surface area contributed by atoms with Crippen LogP contribution in [0, 0.1) is 11.6 Å². The van der Waals surface area contributed by atoms with Gasteiger partial charge in [0.15, 0.2) is 0 Å². The smallest absolute Gasteiger partial charge is 0.321 e. The number of nitrogens with zero attached hydrogens (tertiary/aromatic N) is 3. The van der Waals surface area contributed by atoms with Crippen molar-refractivity contribution >= 4 is 17.5 Å². The topological polar surface area (TPSA) is 55.9 Å². The molecule has 2 aromatic rings. The summed E-state index contributed by atoms with van der Waals surface area (Å²) in [5.74, 6) is -1.29. The van der Waals surface area contributed by atoms with Gasteiger partial charge < -0.3 is 20.0 Å². The van der Waals surface area contributed by atoms with Crippen molar-refractivity contribution in [3.05, 3.63) is 77.4 Å². The van der Waals surface area contributed by atoms with E-state index in [0.717, 1.165) is 23.8 Å². The van der Waals surface area contributed by atoms with Gasteiger partial charge in [0.25, 0.3) is 0 Å². The van der Waals surface area contributed by atoms with Crippen molar-refractivity contribution in [2.24, 2.45) is 0 Å². The first-order valence-electron chi connectivity index (χ1n) is 13.4. The molecule has 9 heteroatoms. The summed E-state index contributed by atoms with van der Waals surface area (Å²) in [5, 5.41) is 2.80. The predicted octanol–water partition coefficient (Wildman–Crippen LogP) is 4.96. The van der Waals surface area contributed by atoms with Crippen molar-refractivity contribution in [2.45, 2.75) is 50.4 Å². The fourth-order valence-corrected chi connectivity index (χ4v) is 5.79. The molecular formula is C30H37F3N4O2. The van der Waals surface area contributed by atoms with E-state index >= 15 is 0 Å². The number of benzene rings is 2. The van der Waals surface area contributed by atoms with Crippen LogP contribution < -0.4 is 5.32 Å². The number of nitrogens with one attached hydrogen (secondary N) is 1. The Hall–Kier alpha value is -3.33. The molecule has 2 aliphatic rings. The highest BCUT2D eigenvalue weighted by Gasteiger charge is 2.46. The quantitative estimate of drug-likeness (QED) is 0.504. The Morgan fingerprint density at radius 3 is 2.62 bits per heavy atom. The summed E-state index contributed by atoms with van der Waals surface area (Å²) in [4.78, 5) is 31.0. The van der Waals surface area contributed by atoms with Crippen molar-refractivity contribution < 1.29 is 22.8 Å². The molecule has 0 radical (unpaired) electrons. The molecular weight excluding hydrogens is 505 g/mol. The van der Waals surface area contributed by atoms with E-state index in [1.54, 1.807) is 16.8 Å². The van der Waals surface area contributed by atoms with E-state index in [0.29, 0.717) is 44.5 Å². The van der Waals surface area contributed by atoms with Crippen molar-refractivity contribution in [1.82, 2.24) is 20.0 Å². The lowest BCUT2D eigenvalue weighted by Gasteiger charge is -2.42. The molecule has 3 atom stereocenters. The number of amides is 3. The van der Waals surface area contributed by atoms with Gasteiger partial charge in [0.2, 0.25) is 5.91 Å². The Kier molecular flexibility index (Phi) is 9.00. The highest BCUT2D eigenvalue weighted by molar-refractivity contribution is 5.83. The summed E-state index contributed by atoms with van der Waals surface area (Å²) < 4.78 is 43.9. The average Bonchev–Trinajstić information content (AvgIpc) is 3.21. The van der Waals surface area contributed by atoms with E-state index in [1.165, 1.54) is 6.92 Å². The number of hydrogen-bond donors (Lipinski definition) is 1. The SMILES string of the molecule is CC(=O)NCCC[C@@]1(c2ccccc2)C=C(c2cc(F)ccc2F)CN1C(=O)N(C)C1CCN(C)CC(F)C1. The molecule has 0 bridgehead atoms. The molecule has 210 valence electrons. The van der Waals surface area contributed by atoms with Crippen LogP contribution in [0.15, 0.2) is 54.6 Å². The van der Waals surface area contributed by atoms with Gasteiger partial charge in [0, 0.05) is 51.6 Å². The van der Waals surface area contributed by atoms with E-state index in [1.807, 2.05) is 48.4 Å². The summed E-state index contributed by atoms with van der Waals surface area (Å²) >= 11 is 0. The van der Waals surface area contributed by atoms with E-state index in [4.69, 9.17) is 0 Å². The van der Waals surface area contributed by atoms with Crippen molar-refractivity contribution in [2.75, 3.05) is 40.3 Å². The normalized spacial score (nSPS) is 23.7. The molecule has 2 aliphatic heterocycles. The van der Waals surface area contributed by atoms with Gasteiger partial charge in [-0.15, -0.1) is 0 Å². The lowest BCUT2D eigenvalue weighted by atomic mass is 9.84. The van der Waals surface area contributed by atoms with Crippen molar-refractivity contribution in [1.29, 1.82) is 0 Å². The van der Waals surface area contributed by atoms with Crippen LogP contribution in [0.2, 0.25) is 0 Å². The second kappa shape index (κ2) is 12.2. The highest BCUT2D eigenvalue weighted by Crippen LogP contribution is 2.44. The Bertz CT molecular complexity index is 1210. The zero-order valence-corrected chi connectivity index (χ0v) is 22.8. The Morgan fingerprint density at radius 2 is 1.90 bits per heavy atom. The minimum atomic E-state index is -1.05. The van der Waals surface area contributed by atoms with E-state index < -0.39 is 23.3 Å². The van der Waals surface area contributed by atoms with Crippen LogP contribution >= 0.6 is 0 Å². The average molecular weight is 543 g/mol. The largest absolute Gasteiger partial charge is 0.356 e. The maximum atomic E-state index is 15.0. The lowest BCUT2D eigenvalue weighted by Crippen LogP contribution is -2.53. The zero-order chi connectivity index (χ0) is 28.2. The van der Waals surface area contributed by atoms with Crippen LogP contribution in [0.25, 0.3) is 5.57 Å². The Morgan fingerprint density at radius 1 is 1.15 bits per heavy atom. The Labute approximate surface area is 228 Å². The number of carbonyl (C=O) groups is 2. The molecule has 1 N–H and O–H groups in total. The number of hydrogen-bond acceptors (Lipinski definition) is 3. The molecule has 0 aromatic heterocycles. The molecule has 1 fully saturated rings. The summed E-state index contributed by atoms with van der Waals surface area (Å²) in [6, 6.07) is 12.2. The van der Waals surface area contributed by atoms with Gasteiger partial charge in [-0.3, -0.25) is 4.79 Å². The summed E-state index contributed by atoms with van der Waals surface area (Å²) in [6.07, 6.45) is 2.66. The van der Waals surface area contributed by atoms with Crippen LogP contribution in [0.5, 0.6) is 0 Å². The molecule has 1 saturated heterocycles. The first-order valence-corrected chi connectivity index (χ1v) is 13.4. The summed E-state index contributed by atoms with van der Waals surface area (Å²) in [5.41, 5.74) is 0.456. The van der Waals surface area contributed by atoms with Crippen LogP contribution in [-0.4, -0.2) is 79.1 Å². The third kappa shape index (κ3) is 6.46. The molecule has 3 amide bonds. The monoisotopic (exact) mass is 542 g/mol. The molecule has 2 aromatic carbocycles. The molecule has 0 spiro atoms. The molecule has 0 saturated carbocycles. The lowest BCUT2D eigenvalue weighted by molar-refractivity contribution is -0.119. The van der Waals surface area contributed by atoms with Crippen LogP contribution in [0.3, 0.4) is 0 Å². The van der Waals surface area contributed by atoms with Gasteiger partial charge in [-0.05, 0) is 68.3 Å².